The predicted octanol–water partition coefficient (Wildman–Crippen LogP) is 4.91. The number of hydrogen-bond donors (Lipinski definition) is 3. The SMILES string of the molecule is c1cc(N2CCCCCC2)nc(NCCN(CCNCC2CCCCC2)CCNCC2CCCCC2)n1. The Morgan fingerprint density at radius 2 is 1.24 bits per heavy atom. The molecule has 37 heavy (non-hydrogen) atoms. The van der Waals surface area contributed by atoms with Gasteiger partial charge in [-0.15, -0.1) is 0 Å². The van der Waals surface area contributed by atoms with Gasteiger partial charge in [-0.2, -0.15) is 4.98 Å². The fourth-order valence-electron chi connectivity index (χ4n) is 6.44. The first-order valence-electron chi connectivity index (χ1n) is 15.8. The number of aromatic nitrogens is 2. The molecule has 1 aromatic heterocycles. The van der Waals surface area contributed by atoms with E-state index in [4.69, 9.17) is 4.98 Å². The Hall–Kier alpha value is -1.44. The van der Waals surface area contributed by atoms with Gasteiger partial charge in [0.05, 0.1) is 0 Å². The summed E-state index contributed by atoms with van der Waals surface area (Å²) in [5, 5.41) is 11.1. The Labute approximate surface area is 227 Å². The van der Waals surface area contributed by atoms with E-state index in [0.29, 0.717) is 0 Å². The van der Waals surface area contributed by atoms with Crippen LogP contribution in [0.15, 0.2) is 12.3 Å². The minimum absolute atomic E-state index is 0.771. The minimum Gasteiger partial charge on any atom is -0.356 e. The van der Waals surface area contributed by atoms with Crippen molar-refractivity contribution in [1.29, 1.82) is 0 Å². The third-order valence-corrected chi connectivity index (χ3v) is 8.81. The van der Waals surface area contributed by atoms with Gasteiger partial charge in [-0.05, 0) is 69.5 Å². The number of anilines is 2. The van der Waals surface area contributed by atoms with Crippen LogP contribution in [0.4, 0.5) is 11.8 Å². The van der Waals surface area contributed by atoms with E-state index in [1.807, 2.05) is 6.20 Å². The van der Waals surface area contributed by atoms with Crippen molar-refractivity contribution in [1.82, 2.24) is 25.5 Å². The monoisotopic (exact) mass is 513 g/mol. The molecule has 3 fully saturated rings. The molecule has 0 atom stereocenters. The third kappa shape index (κ3) is 11.1. The van der Waals surface area contributed by atoms with Crippen LogP contribution in [0, 0.1) is 11.8 Å². The van der Waals surface area contributed by atoms with E-state index in [2.05, 4.69) is 36.8 Å². The summed E-state index contributed by atoms with van der Waals surface area (Å²) in [6.07, 6.45) is 21.4. The van der Waals surface area contributed by atoms with Crippen molar-refractivity contribution in [2.75, 3.05) is 75.7 Å². The highest BCUT2D eigenvalue weighted by atomic mass is 15.2. The van der Waals surface area contributed by atoms with Gasteiger partial charge in [0.15, 0.2) is 0 Å². The van der Waals surface area contributed by atoms with Crippen molar-refractivity contribution in [2.45, 2.75) is 89.9 Å². The summed E-state index contributed by atoms with van der Waals surface area (Å²) < 4.78 is 0. The molecule has 0 aromatic carbocycles. The molecule has 1 saturated heterocycles. The van der Waals surface area contributed by atoms with Crippen LogP contribution in [0.2, 0.25) is 0 Å². The van der Waals surface area contributed by atoms with Crippen LogP contribution in [-0.4, -0.2) is 80.3 Å². The minimum atomic E-state index is 0.771. The highest BCUT2D eigenvalue weighted by Crippen LogP contribution is 2.23. The molecule has 1 aromatic rings. The first-order valence-corrected chi connectivity index (χ1v) is 15.8. The molecule has 0 spiro atoms. The zero-order valence-electron chi connectivity index (χ0n) is 23.6. The fourth-order valence-corrected chi connectivity index (χ4v) is 6.44. The normalized spacial score (nSPS) is 20.3. The lowest BCUT2D eigenvalue weighted by molar-refractivity contribution is 0.267. The molecule has 0 amide bonds. The summed E-state index contributed by atoms with van der Waals surface area (Å²) in [5.74, 6) is 3.65. The summed E-state index contributed by atoms with van der Waals surface area (Å²) >= 11 is 0. The molecule has 4 rings (SSSR count). The molecule has 2 saturated carbocycles. The number of hydrogen-bond acceptors (Lipinski definition) is 7. The molecule has 2 heterocycles. The Balaban J connectivity index is 1.19. The summed E-state index contributed by atoms with van der Waals surface area (Å²) in [4.78, 5) is 14.4. The van der Waals surface area contributed by atoms with Gasteiger partial charge in [0.25, 0.3) is 0 Å². The molecule has 0 bridgehead atoms. The van der Waals surface area contributed by atoms with Gasteiger partial charge in [0.2, 0.25) is 5.95 Å². The maximum absolute atomic E-state index is 4.85. The van der Waals surface area contributed by atoms with Crippen LogP contribution in [-0.2, 0) is 0 Å². The highest BCUT2D eigenvalue weighted by Gasteiger charge is 2.15. The molecule has 1 aliphatic heterocycles. The van der Waals surface area contributed by atoms with Crippen LogP contribution in [0.25, 0.3) is 0 Å². The van der Waals surface area contributed by atoms with Crippen molar-refractivity contribution < 1.29 is 0 Å². The van der Waals surface area contributed by atoms with Gasteiger partial charge in [0, 0.05) is 58.6 Å². The average Bonchev–Trinajstić information content (AvgIpc) is 3.24. The van der Waals surface area contributed by atoms with E-state index >= 15 is 0 Å². The van der Waals surface area contributed by atoms with E-state index in [9.17, 15) is 0 Å². The number of rotatable bonds is 15. The van der Waals surface area contributed by atoms with Crippen LogP contribution in [0.5, 0.6) is 0 Å². The van der Waals surface area contributed by atoms with E-state index < -0.39 is 0 Å². The predicted molar refractivity (Wildman–Crippen MR) is 157 cm³/mol. The Kier molecular flexibility index (Phi) is 13.3. The van der Waals surface area contributed by atoms with Gasteiger partial charge < -0.3 is 20.9 Å². The Morgan fingerprint density at radius 1 is 0.703 bits per heavy atom. The topological polar surface area (TPSA) is 68.4 Å². The van der Waals surface area contributed by atoms with E-state index in [0.717, 1.165) is 76.0 Å². The molecule has 0 unspecified atom stereocenters. The number of nitrogens with zero attached hydrogens (tertiary/aromatic N) is 4. The van der Waals surface area contributed by atoms with Gasteiger partial charge in [-0.25, -0.2) is 4.98 Å². The summed E-state index contributed by atoms with van der Waals surface area (Å²) in [6.45, 7) is 10.9. The van der Waals surface area contributed by atoms with Crippen LogP contribution in [0.1, 0.15) is 89.9 Å². The lowest BCUT2D eigenvalue weighted by atomic mass is 9.89. The van der Waals surface area contributed by atoms with Gasteiger partial charge in [0.1, 0.15) is 5.82 Å². The van der Waals surface area contributed by atoms with Crippen LogP contribution in [0.3, 0.4) is 0 Å². The first kappa shape index (κ1) is 28.6. The summed E-state index contributed by atoms with van der Waals surface area (Å²) in [7, 11) is 0. The second-order valence-corrected chi connectivity index (χ2v) is 11.8. The highest BCUT2D eigenvalue weighted by molar-refractivity contribution is 5.42. The standard InChI is InChI=1S/C30H55N7/c1-2-10-21-37(20-9-1)29-15-16-33-30(35-29)34-19-24-36(22-17-31-25-27-11-5-3-6-12-27)23-18-32-26-28-13-7-4-8-14-28/h15-16,27-28,31-32H,1-14,17-26H2,(H,33,34,35). The zero-order valence-corrected chi connectivity index (χ0v) is 23.6. The first-order chi connectivity index (χ1) is 18.4. The molecule has 3 N–H and O–H groups in total. The Morgan fingerprint density at radius 3 is 1.84 bits per heavy atom. The van der Waals surface area contributed by atoms with Crippen LogP contribution < -0.4 is 20.9 Å². The second kappa shape index (κ2) is 17.2. The molecule has 210 valence electrons. The van der Waals surface area contributed by atoms with E-state index in [-0.39, 0.29) is 0 Å². The molecule has 0 radical (unpaired) electrons. The van der Waals surface area contributed by atoms with Crippen molar-refractivity contribution in [2.24, 2.45) is 11.8 Å². The van der Waals surface area contributed by atoms with Crippen molar-refractivity contribution in [3.8, 4) is 0 Å². The Bertz CT molecular complexity index is 684. The average molecular weight is 514 g/mol. The largest absolute Gasteiger partial charge is 0.356 e. The van der Waals surface area contributed by atoms with Gasteiger partial charge in [-0.3, -0.25) is 4.90 Å². The van der Waals surface area contributed by atoms with Crippen molar-refractivity contribution in [3.05, 3.63) is 12.3 Å². The second-order valence-electron chi connectivity index (χ2n) is 11.8. The lowest BCUT2D eigenvalue weighted by Crippen LogP contribution is -2.41. The maximum atomic E-state index is 4.85. The van der Waals surface area contributed by atoms with Gasteiger partial charge in [-0.1, -0.05) is 51.4 Å². The zero-order chi connectivity index (χ0) is 25.4. The van der Waals surface area contributed by atoms with E-state index in [1.165, 1.54) is 103 Å². The van der Waals surface area contributed by atoms with E-state index in [1.54, 1.807) is 0 Å². The fraction of sp³-hybridized carbons (Fsp3) is 0.867. The van der Waals surface area contributed by atoms with Crippen LogP contribution >= 0.6 is 0 Å². The smallest absolute Gasteiger partial charge is 0.224 e. The lowest BCUT2D eigenvalue weighted by Gasteiger charge is -2.26. The van der Waals surface area contributed by atoms with Crippen molar-refractivity contribution in [3.63, 3.8) is 0 Å². The molecular weight excluding hydrogens is 458 g/mol. The van der Waals surface area contributed by atoms with Crippen molar-refractivity contribution >= 4 is 11.8 Å². The summed E-state index contributed by atoms with van der Waals surface area (Å²) in [6, 6.07) is 2.07. The summed E-state index contributed by atoms with van der Waals surface area (Å²) in [5.41, 5.74) is 0. The molecule has 2 aliphatic carbocycles. The van der Waals surface area contributed by atoms with Gasteiger partial charge >= 0.3 is 0 Å². The number of nitrogens with one attached hydrogen (secondary N) is 3. The molecule has 7 heteroatoms. The maximum Gasteiger partial charge on any atom is 0.224 e. The third-order valence-electron chi connectivity index (χ3n) is 8.81. The molecule has 3 aliphatic rings. The molecular formula is C30H55N7. The molecule has 7 nitrogen and oxygen atoms in total. The quantitative estimate of drug-likeness (QED) is 0.288.